The molecular formula is C22H25N7O2. The number of benzene rings is 1. The number of carbonyl (C=O) groups is 1. The molecule has 0 radical (unpaired) electrons. The van der Waals surface area contributed by atoms with Crippen LogP contribution in [0.1, 0.15) is 19.3 Å². The van der Waals surface area contributed by atoms with Crippen molar-refractivity contribution >= 4 is 5.91 Å². The smallest absolute Gasteiger partial charge is 0.217 e. The Balaban J connectivity index is 1.40. The summed E-state index contributed by atoms with van der Waals surface area (Å²) in [4.78, 5) is 19.5. The SMILES string of the molecule is NC(=O)CCCn1cc(-n2ccnc2-c2cccc(OCCCn3ccnc3)c2)cn1. The van der Waals surface area contributed by atoms with Crippen LogP contribution in [0.4, 0.5) is 0 Å². The first kappa shape index (κ1) is 20.4. The Morgan fingerprint density at radius 2 is 2.06 bits per heavy atom. The number of hydrogen-bond donors (Lipinski definition) is 1. The minimum absolute atomic E-state index is 0.298. The Morgan fingerprint density at radius 3 is 2.90 bits per heavy atom. The van der Waals surface area contributed by atoms with Gasteiger partial charge in [0.25, 0.3) is 0 Å². The zero-order valence-electron chi connectivity index (χ0n) is 17.2. The summed E-state index contributed by atoms with van der Waals surface area (Å²) in [6.45, 7) is 2.12. The van der Waals surface area contributed by atoms with E-state index in [9.17, 15) is 4.79 Å². The van der Waals surface area contributed by atoms with E-state index in [1.54, 1.807) is 24.9 Å². The van der Waals surface area contributed by atoms with Gasteiger partial charge in [-0.2, -0.15) is 5.10 Å². The van der Waals surface area contributed by atoms with Gasteiger partial charge in [-0.25, -0.2) is 9.97 Å². The maximum atomic E-state index is 10.9. The summed E-state index contributed by atoms with van der Waals surface area (Å²) in [5.74, 6) is 1.31. The highest BCUT2D eigenvalue weighted by Gasteiger charge is 2.11. The summed E-state index contributed by atoms with van der Waals surface area (Å²) in [6, 6.07) is 7.92. The molecule has 0 saturated carbocycles. The number of nitrogens with zero attached hydrogens (tertiary/aromatic N) is 6. The first-order valence-corrected chi connectivity index (χ1v) is 10.2. The quantitative estimate of drug-likeness (QED) is 0.376. The Morgan fingerprint density at radius 1 is 1.13 bits per heavy atom. The number of nitrogens with two attached hydrogens (primary N) is 1. The Bertz CT molecular complexity index is 1110. The molecule has 4 rings (SSSR count). The fraction of sp³-hybridized carbons (Fsp3) is 0.273. The van der Waals surface area contributed by atoms with E-state index in [1.807, 2.05) is 56.7 Å². The van der Waals surface area contributed by atoms with E-state index in [-0.39, 0.29) is 5.91 Å². The van der Waals surface area contributed by atoms with Gasteiger partial charge < -0.3 is 15.0 Å². The summed E-state index contributed by atoms with van der Waals surface area (Å²) in [5.41, 5.74) is 7.06. The van der Waals surface area contributed by atoms with Crippen molar-refractivity contribution in [3.05, 3.63) is 67.8 Å². The Labute approximate surface area is 180 Å². The topological polar surface area (TPSA) is 106 Å². The molecule has 160 valence electrons. The van der Waals surface area contributed by atoms with Crippen LogP contribution in [0.5, 0.6) is 5.75 Å². The number of aryl methyl sites for hydroxylation is 2. The molecule has 1 aromatic carbocycles. The molecule has 2 N–H and O–H groups in total. The molecule has 0 unspecified atom stereocenters. The van der Waals surface area contributed by atoms with Crippen LogP contribution in [0.2, 0.25) is 0 Å². The molecule has 3 aromatic heterocycles. The molecule has 0 spiro atoms. The van der Waals surface area contributed by atoms with Gasteiger partial charge in [0.05, 0.1) is 24.8 Å². The summed E-state index contributed by atoms with van der Waals surface area (Å²) in [7, 11) is 0. The predicted molar refractivity (Wildman–Crippen MR) is 116 cm³/mol. The zero-order valence-corrected chi connectivity index (χ0v) is 17.2. The second kappa shape index (κ2) is 9.75. The van der Waals surface area contributed by atoms with Gasteiger partial charge in [-0.1, -0.05) is 12.1 Å². The van der Waals surface area contributed by atoms with Gasteiger partial charge in [0.1, 0.15) is 11.6 Å². The molecule has 0 aliphatic rings. The summed E-state index contributed by atoms with van der Waals surface area (Å²) < 4.78 is 11.8. The summed E-state index contributed by atoms with van der Waals surface area (Å²) in [6.07, 6.45) is 14.8. The van der Waals surface area contributed by atoms with Crippen molar-refractivity contribution < 1.29 is 9.53 Å². The second-order valence-electron chi connectivity index (χ2n) is 7.18. The van der Waals surface area contributed by atoms with Crippen LogP contribution in [0.3, 0.4) is 0 Å². The van der Waals surface area contributed by atoms with E-state index in [0.717, 1.165) is 35.8 Å². The molecule has 4 aromatic rings. The molecule has 0 bridgehead atoms. The minimum Gasteiger partial charge on any atom is -0.494 e. The van der Waals surface area contributed by atoms with E-state index in [4.69, 9.17) is 10.5 Å². The molecule has 0 saturated heterocycles. The summed E-state index contributed by atoms with van der Waals surface area (Å²) >= 11 is 0. The van der Waals surface area contributed by atoms with Crippen LogP contribution < -0.4 is 10.5 Å². The van der Waals surface area contributed by atoms with E-state index in [2.05, 4.69) is 15.1 Å². The van der Waals surface area contributed by atoms with Gasteiger partial charge in [-0.05, 0) is 25.0 Å². The number of primary amides is 1. The standard InChI is InChI=1S/C22H25N7O2/c23-21(30)6-2-10-28-16-19(15-26-28)29-12-8-25-22(29)18-4-1-5-20(14-18)31-13-3-9-27-11-7-24-17-27/h1,4-5,7-8,11-12,14-17H,2-3,6,9-10,13H2,(H2,23,30). The van der Waals surface area contributed by atoms with E-state index < -0.39 is 0 Å². The maximum absolute atomic E-state index is 10.9. The van der Waals surface area contributed by atoms with Crippen LogP contribution in [0.15, 0.2) is 67.8 Å². The average molecular weight is 419 g/mol. The molecule has 9 heteroatoms. The lowest BCUT2D eigenvalue weighted by molar-refractivity contribution is -0.118. The molecule has 0 aliphatic heterocycles. The third kappa shape index (κ3) is 5.39. The third-order valence-electron chi connectivity index (χ3n) is 4.83. The highest BCUT2D eigenvalue weighted by molar-refractivity contribution is 5.73. The molecule has 0 atom stereocenters. The lowest BCUT2D eigenvalue weighted by atomic mass is 10.2. The highest BCUT2D eigenvalue weighted by Crippen LogP contribution is 2.25. The third-order valence-corrected chi connectivity index (χ3v) is 4.83. The molecule has 3 heterocycles. The zero-order chi connectivity index (χ0) is 21.5. The molecule has 9 nitrogen and oxygen atoms in total. The lowest BCUT2D eigenvalue weighted by Gasteiger charge is -2.09. The normalized spacial score (nSPS) is 11.0. The molecule has 31 heavy (non-hydrogen) atoms. The number of aromatic nitrogens is 6. The molecule has 0 aliphatic carbocycles. The van der Waals surface area contributed by atoms with Crippen molar-refractivity contribution in [3.8, 4) is 22.8 Å². The fourth-order valence-corrected chi connectivity index (χ4v) is 3.32. The Kier molecular flexibility index (Phi) is 6.41. The first-order chi connectivity index (χ1) is 15.2. The van der Waals surface area contributed by atoms with Crippen molar-refractivity contribution in [2.45, 2.75) is 32.4 Å². The number of carbonyl (C=O) groups excluding carboxylic acids is 1. The highest BCUT2D eigenvalue weighted by atomic mass is 16.5. The monoisotopic (exact) mass is 419 g/mol. The molecule has 0 fully saturated rings. The van der Waals surface area contributed by atoms with Crippen molar-refractivity contribution in [2.75, 3.05) is 6.61 Å². The van der Waals surface area contributed by atoms with Crippen LogP contribution in [-0.2, 0) is 17.9 Å². The average Bonchev–Trinajstić information content (AvgIpc) is 3.52. The second-order valence-corrected chi connectivity index (χ2v) is 7.18. The summed E-state index contributed by atoms with van der Waals surface area (Å²) in [5, 5.41) is 4.38. The largest absolute Gasteiger partial charge is 0.494 e. The first-order valence-electron chi connectivity index (χ1n) is 10.2. The van der Waals surface area contributed by atoms with Gasteiger partial charge >= 0.3 is 0 Å². The minimum atomic E-state index is -0.298. The molecular weight excluding hydrogens is 394 g/mol. The number of imidazole rings is 2. The predicted octanol–water partition coefficient (Wildman–Crippen LogP) is 2.67. The Hall–Kier alpha value is -3.88. The number of amides is 1. The van der Waals surface area contributed by atoms with Gasteiger partial charge in [0, 0.05) is 56.1 Å². The van der Waals surface area contributed by atoms with E-state index in [1.165, 1.54) is 0 Å². The van der Waals surface area contributed by atoms with Crippen LogP contribution >= 0.6 is 0 Å². The van der Waals surface area contributed by atoms with Crippen molar-refractivity contribution in [1.29, 1.82) is 0 Å². The van der Waals surface area contributed by atoms with Crippen LogP contribution in [0, 0.1) is 0 Å². The van der Waals surface area contributed by atoms with E-state index in [0.29, 0.717) is 26.0 Å². The van der Waals surface area contributed by atoms with Crippen molar-refractivity contribution in [1.82, 2.24) is 28.9 Å². The maximum Gasteiger partial charge on any atom is 0.217 e. The van der Waals surface area contributed by atoms with Crippen molar-refractivity contribution in [2.24, 2.45) is 5.73 Å². The number of rotatable bonds is 11. The van der Waals surface area contributed by atoms with Gasteiger partial charge in [0.15, 0.2) is 0 Å². The number of ether oxygens (including phenoxy) is 1. The lowest BCUT2D eigenvalue weighted by Crippen LogP contribution is -2.11. The molecule has 1 amide bonds. The van der Waals surface area contributed by atoms with Gasteiger partial charge in [0.2, 0.25) is 5.91 Å². The van der Waals surface area contributed by atoms with E-state index >= 15 is 0 Å². The number of hydrogen-bond acceptors (Lipinski definition) is 5. The van der Waals surface area contributed by atoms with Gasteiger partial charge in [-0.3, -0.25) is 14.0 Å². The van der Waals surface area contributed by atoms with Crippen LogP contribution in [-0.4, -0.2) is 41.4 Å². The van der Waals surface area contributed by atoms with Gasteiger partial charge in [-0.15, -0.1) is 0 Å². The van der Waals surface area contributed by atoms with Crippen LogP contribution in [0.25, 0.3) is 17.1 Å². The van der Waals surface area contributed by atoms with Crippen molar-refractivity contribution in [3.63, 3.8) is 0 Å². The fourth-order valence-electron chi connectivity index (χ4n) is 3.32.